The average molecular weight is 498 g/mol. The van der Waals surface area contributed by atoms with Crippen molar-refractivity contribution >= 4 is 13.8 Å². The molecule has 0 aromatic rings. The van der Waals surface area contributed by atoms with Crippen LogP contribution in [-0.2, 0) is 18.6 Å². The van der Waals surface area contributed by atoms with Crippen LogP contribution in [0.5, 0.6) is 0 Å². The lowest BCUT2D eigenvalue weighted by atomic mass is 10.1. The zero-order valence-corrected chi connectivity index (χ0v) is 21.3. The third-order valence-electron chi connectivity index (χ3n) is 4.64. The Morgan fingerprint density at radius 2 is 1.39 bits per heavy atom. The second kappa shape index (κ2) is 25.8. The molecule has 9 nitrogen and oxygen atoms in total. The van der Waals surface area contributed by atoms with Crippen molar-refractivity contribution in [3.63, 3.8) is 0 Å². The lowest BCUT2D eigenvalue weighted by Crippen LogP contribution is -2.23. The maximum Gasteiger partial charge on any atom is 0.469 e. The zero-order valence-electron chi connectivity index (χ0n) is 20.4. The van der Waals surface area contributed by atoms with Crippen molar-refractivity contribution in [2.75, 3.05) is 26.4 Å². The van der Waals surface area contributed by atoms with Crippen molar-refractivity contribution in [2.24, 2.45) is 5.73 Å². The summed E-state index contributed by atoms with van der Waals surface area (Å²) in [5.74, 6) is -0.419. The summed E-state index contributed by atoms with van der Waals surface area (Å²) in [5.41, 5.74) is 4.78. The number of hydrogen-bond acceptors (Lipinski definition) is 7. The van der Waals surface area contributed by atoms with Gasteiger partial charge in [-0.1, -0.05) is 70.4 Å². The van der Waals surface area contributed by atoms with Crippen molar-refractivity contribution < 1.29 is 38.6 Å². The quantitative estimate of drug-likeness (QED) is 0.0684. The van der Waals surface area contributed by atoms with Gasteiger partial charge < -0.3 is 30.5 Å². The summed E-state index contributed by atoms with van der Waals surface area (Å²) in [4.78, 5) is 28.6. The first-order valence-corrected chi connectivity index (χ1v) is 13.8. The number of aliphatic hydroxyl groups is 2. The Bertz CT molecular complexity index is 497. The molecule has 0 saturated carbocycles. The second-order valence-corrected chi connectivity index (χ2v) is 9.21. The fourth-order valence-electron chi connectivity index (χ4n) is 2.83. The highest BCUT2D eigenvalue weighted by Crippen LogP contribution is 2.35. The standard InChI is InChI=1S/C21H41O7P.C2H7NO/c1-2-3-4-5-6-7-8-9-10-11-12-13-14-15-16-17-21(23)27-18-20(22)19-28-29(24,25)26;3-1-2-4/h9-10,20,22H,2-8,11-19H2,1H3,(H2,24,25,26);4H,1-3H2/b10-9+;. The van der Waals surface area contributed by atoms with Crippen molar-refractivity contribution in [1.29, 1.82) is 0 Å². The maximum atomic E-state index is 11.5. The number of esters is 1. The minimum absolute atomic E-state index is 0.0972. The molecule has 0 rings (SSSR count). The Labute approximate surface area is 200 Å². The van der Waals surface area contributed by atoms with E-state index in [1.165, 1.54) is 51.4 Å². The predicted molar refractivity (Wildman–Crippen MR) is 131 cm³/mol. The van der Waals surface area contributed by atoms with E-state index in [9.17, 15) is 14.5 Å². The van der Waals surface area contributed by atoms with Gasteiger partial charge in [0.2, 0.25) is 0 Å². The molecular weight excluding hydrogens is 449 g/mol. The van der Waals surface area contributed by atoms with Gasteiger partial charge in [0, 0.05) is 13.0 Å². The van der Waals surface area contributed by atoms with Crippen LogP contribution in [0.1, 0.15) is 96.8 Å². The number of phosphoric ester groups is 1. The molecule has 1 unspecified atom stereocenters. The van der Waals surface area contributed by atoms with E-state index in [1.807, 2.05) is 0 Å². The fourth-order valence-corrected chi connectivity index (χ4v) is 3.20. The molecule has 0 heterocycles. The van der Waals surface area contributed by atoms with Gasteiger partial charge in [0.25, 0.3) is 0 Å². The van der Waals surface area contributed by atoms with Gasteiger partial charge >= 0.3 is 13.8 Å². The number of rotatable bonds is 21. The summed E-state index contributed by atoms with van der Waals surface area (Å²) in [6.45, 7) is 1.80. The van der Waals surface area contributed by atoms with Gasteiger partial charge in [-0.2, -0.15) is 0 Å². The van der Waals surface area contributed by atoms with Crippen LogP contribution in [0.4, 0.5) is 0 Å². The number of hydrogen-bond donors (Lipinski definition) is 5. The molecule has 0 saturated heterocycles. The molecule has 1 atom stereocenters. The predicted octanol–water partition coefficient (Wildman–Crippen LogP) is 3.97. The summed E-state index contributed by atoms with van der Waals surface area (Å²) < 4.78 is 19.5. The Morgan fingerprint density at radius 1 is 0.909 bits per heavy atom. The molecule has 0 aliphatic heterocycles. The van der Waals surface area contributed by atoms with Gasteiger partial charge in [0.15, 0.2) is 0 Å². The lowest BCUT2D eigenvalue weighted by molar-refractivity contribution is -0.147. The van der Waals surface area contributed by atoms with E-state index in [1.54, 1.807) is 0 Å². The molecule has 0 aliphatic rings. The minimum atomic E-state index is -4.62. The second-order valence-electron chi connectivity index (χ2n) is 7.97. The van der Waals surface area contributed by atoms with Crippen LogP contribution in [0.3, 0.4) is 0 Å². The van der Waals surface area contributed by atoms with Crippen molar-refractivity contribution in [1.82, 2.24) is 0 Å². The minimum Gasteiger partial charge on any atom is -0.463 e. The molecule has 0 amide bonds. The molecule has 0 bridgehead atoms. The van der Waals surface area contributed by atoms with Crippen LogP contribution >= 0.6 is 7.82 Å². The molecular formula is C23H48NO8P. The van der Waals surface area contributed by atoms with Crippen LogP contribution in [-0.4, -0.2) is 58.4 Å². The summed E-state index contributed by atoms with van der Waals surface area (Å²) in [5, 5.41) is 17.2. The van der Waals surface area contributed by atoms with Crippen LogP contribution < -0.4 is 5.73 Å². The third-order valence-corrected chi connectivity index (χ3v) is 5.13. The molecule has 0 aromatic heterocycles. The van der Waals surface area contributed by atoms with E-state index in [0.29, 0.717) is 6.54 Å². The maximum absolute atomic E-state index is 11.5. The molecule has 10 heteroatoms. The highest BCUT2D eigenvalue weighted by molar-refractivity contribution is 7.46. The number of carbonyl (C=O) groups is 1. The van der Waals surface area contributed by atoms with Crippen LogP contribution in [0.2, 0.25) is 0 Å². The molecule has 33 heavy (non-hydrogen) atoms. The van der Waals surface area contributed by atoms with Crippen LogP contribution in [0, 0.1) is 0 Å². The SMILES string of the molecule is CCCCCCCC/C=C/CCCCCCCC(=O)OCC(O)COP(=O)(O)O.NCCO. The Balaban J connectivity index is 0. The smallest absolute Gasteiger partial charge is 0.463 e. The van der Waals surface area contributed by atoms with E-state index in [-0.39, 0.29) is 19.6 Å². The van der Waals surface area contributed by atoms with Gasteiger partial charge in [0.1, 0.15) is 12.7 Å². The first-order valence-electron chi connectivity index (χ1n) is 12.3. The number of unbranched alkanes of at least 4 members (excludes halogenated alkanes) is 11. The highest BCUT2D eigenvalue weighted by atomic mass is 31.2. The molecule has 0 aliphatic carbocycles. The van der Waals surface area contributed by atoms with Crippen molar-refractivity contribution in [2.45, 2.75) is 103 Å². The summed E-state index contributed by atoms with van der Waals surface area (Å²) >= 11 is 0. The number of aliphatic hydroxyl groups excluding tert-OH is 2. The number of ether oxygens (including phenoxy) is 1. The molecule has 0 aromatic carbocycles. The Hall–Kier alpha value is -0.800. The van der Waals surface area contributed by atoms with Gasteiger partial charge in [0.05, 0.1) is 13.2 Å². The number of nitrogens with two attached hydrogens (primary N) is 1. The van der Waals surface area contributed by atoms with Crippen molar-refractivity contribution in [3.8, 4) is 0 Å². The number of allylic oxidation sites excluding steroid dienone is 2. The van der Waals surface area contributed by atoms with Gasteiger partial charge in [-0.15, -0.1) is 0 Å². The Morgan fingerprint density at radius 3 is 1.88 bits per heavy atom. The highest BCUT2D eigenvalue weighted by Gasteiger charge is 2.17. The summed E-state index contributed by atoms with van der Waals surface area (Å²) in [6.07, 6.45) is 19.0. The molecule has 6 N–H and O–H groups in total. The van der Waals surface area contributed by atoms with Gasteiger partial charge in [-0.05, 0) is 32.1 Å². The van der Waals surface area contributed by atoms with E-state index in [4.69, 9.17) is 25.4 Å². The average Bonchev–Trinajstić information content (AvgIpc) is 2.78. The number of carbonyl (C=O) groups excluding carboxylic acids is 1. The van der Waals surface area contributed by atoms with E-state index in [2.05, 4.69) is 23.6 Å². The largest absolute Gasteiger partial charge is 0.469 e. The van der Waals surface area contributed by atoms with Crippen LogP contribution in [0.15, 0.2) is 12.2 Å². The lowest BCUT2D eigenvalue weighted by Gasteiger charge is -2.12. The summed E-state index contributed by atoms with van der Waals surface area (Å²) in [7, 11) is -4.62. The van der Waals surface area contributed by atoms with Crippen molar-refractivity contribution in [3.05, 3.63) is 12.2 Å². The Kier molecular flexibility index (Phi) is 26.9. The molecule has 198 valence electrons. The third kappa shape index (κ3) is 33.5. The first-order chi connectivity index (χ1) is 15.8. The number of phosphoric acid groups is 1. The first kappa shape index (κ1) is 34.4. The topological polar surface area (TPSA) is 160 Å². The van der Waals surface area contributed by atoms with Gasteiger partial charge in [-0.25, -0.2) is 4.57 Å². The molecule has 0 fully saturated rings. The fraction of sp³-hybridized carbons (Fsp3) is 0.870. The zero-order chi connectivity index (χ0) is 25.2. The van der Waals surface area contributed by atoms with Gasteiger partial charge in [-0.3, -0.25) is 9.32 Å². The molecule has 0 radical (unpaired) electrons. The van der Waals surface area contributed by atoms with Crippen LogP contribution in [0.25, 0.3) is 0 Å². The van der Waals surface area contributed by atoms with E-state index in [0.717, 1.165) is 32.1 Å². The normalized spacial score (nSPS) is 12.4. The monoisotopic (exact) mass is 497 g/mol. The van der Waals surface area contributed by atoms with E-state index < -0.39 is 26.5 Å². The summed E-state index contributed by atoms with van der Waals surface area (Å²) in [6, 6.07) is 0. The molecule has 0 spiro atoms. The van der Waals surface area contributed by atoms with E-state index >= 15 is 0 Å².